The van der Waals surface area contributed by atoms with Crippen molar-refractivity contribution in [3.05, 3.63) is 29.0 Å². The molecule has 0 radical (unpaired) electrons. The van der Waals surface area contributed by atoms with Gasteiger partial charge in [0.15, 0.2) is 0 Å². The van der Waals surface area contributed by atoms with Gasteiger partial charge in [0.2, 0.25) is 0 Å². The Morgan fingerprint density at radius 1 is 1.47 bits per heavy atom. The van der Waals surface area contributed by atoms with Crippen LogP contribution in [-0.2, 0) is 0 Å². The number of aliphatic hydroxyl groups is 1. The Balaban J connectivity index is 2.08. The standard InChI is InChI=1S/C13H17ClFNO/c14-12-8-11(3-4-13(12)15)16-6-1-2-10(9-16)5-7-17/h3-4,8,10,17H,1-2,5-7,9H2. The predicted octanol–water partition coefficient (Wildman–Crippen LogP) is 3.08. The molecule has 1 unspecified atom stereocenters. The summed E-state index contributed by atoms with van der Waals surface area (Å²) in [5.41, 5.74) is 0.971. The Morgan fingerprint density at radius 3 is 3.00 bits per heavy atom. The summed E-state index contributed by atoms with van der Waals surface area (Å²) in [5.74, 6) is 0.150. The van der Waals surface area contributed by atoms with E-state index in [0.717, 1.165) is 38.0 Å². The Kier molecular flexibility index (Phi) is 4.24. The Hall–Kier alpha value is -0.800. The fourth-order valence-corrected chi connectivity index (χ4v) is 2.57. The lowest BCUT2D eigenvalue weighted by atomic mass is 9.95. The van der Waals surface area contributed by atoms with Gasteiger partial charge in [0, 0.05) is 25.4 Å². The summed E-state index contributed by atoms with van der Waals surface area (Å²) in [6, 6.07) is 4.86. The van der Waals surface area contributed by atoms with Gasteiger partial charge in [0.1, 0.15) is 5.82 Å². The lowest BCUT2D eigenvalue weighted by Gasteiger charge is -2.34. The maximum absolute atomic E-state index is 13.1. The summed E-state index contributed by atoms with van der Waals surface area (Å²) in [6.07, 6.45) is 3.11. The van der Waals surface area contributed by atoms with Crippen LogP contribution in [0.3, 0.4) is 0 Å². The zero-order chi connectivity index (χ0) is 12.3. The number of hydrogen-bond donors (Lipinski definition) is 1. The minimum absolute atomic E-state index is 0.173. The molecule has 1 heterocycles. The Morgan fingerprint density at radius 2 is 2.29 bits per heavy atom. The van der Waals surface area contributed by atoms with Crippen LogP contribution in [0.2, 0.25) is 5.02 Å². The molecule has 0 aromatic heterocycles. The van der Waals surface area contributed by atoms with E-state index in [9.17, 15) is 4.39 Å². The molecule has 1 fully saturated rings. The number of anilines is 1. The van der Waals surface area contributed by atoms with Gasteiger partial charge in [-0.2, -0.15) is 0 Å². The van der Waals surface area contributed by atoms with E-state index in [1.807, 2.05) is 0 Å². The number of benzene rings is 1. The molecule has 0 spiro atoms. The number of halogens is 2. The molecule has 1 aliphatic heterocycles. The van der Waals surface area contributed by atoms with Crippen molar-refractivity contribution < 1.29 is 9.50 Å². The Bertz CT molecular complexity index is 384. The third-order valence-corrected chi connectivity index (χ3v) is 3.61. The Labute approximate surface area is 106 Å². The van der Waals surface area contributed by atoms with Crippen LogP contribution in [0.5, 0.6) is 0 Å². The minimum Gasteiger partial charge on any atom is -0.396 e. The minimum atomic E-state index is -0.376. The van der Waals surface area contributed by atoms with Crippen molar-refractivity contribution in [1.29, 1.82) is 0 Å². The lowest BCUT2D eigenvalue weighted by molar-refractivity contribution is 0.244. The fraction of sp³-hybridized carbons (Fsp3) is 0.538. The predicted molar refractivity (Wildman–Crippen MR) is 68.0 cm³/mol. The summed E-state index contributed by atoms with van der Waals surface area (Å²) in [7, 11) is 0. The molecule has 2 rings (SSSR count). The van der Waals surface area contributed by atoms with Crippen LogP contribution in [0.25, 0.3) is 0 Å². The first kappa shape index (κ1) is 12.7. The first-order valence-electron chi connectivity index (χ1n) is 6.01. The molecule has 0 amide bonds. The van der Waals surface area contributed by atoms with Gasteiger partial charge in [-0.3, -0.25) is 0 Å². The largest absolute Gasteiger partial charge is 0.396 e. The highest BCUT2D eigenvalue weighted by Crippen LogP contribution is 2.27. The summed E-state index contributed by atoms with van der Waals surface area (Å²) in [4.78, 5) is 2.22. The maximum atomic E-state index is 13.1. The zero-order valence-corrected chi connectivity index (χ0v) is 10.5. The highest BCUT2D eigenvalue weighted by Gasteiger charge is 2.20. The van der Waals surface area contributed by atoms with Gasteiger partial charge in [0.25, 0.3) is 0 Å². The van der Waals surface area contributed by atoms with Crippen molar-refractivity contribution in [2.24, 2.45) is 5.92 Å². The van der Waals surface area contributed by atoms with Crippen LogP contribution in [0.1, 0.15) is 19.3 Å². The molecule has 1 aliphatic rings. The van der Waals surface area contributed by atoms with E-state index in [2.05, 4.69) is 4.90 Å². The van der Waals surface area contributed by atoms with E-state index in [0.29, 0.717) is 5.92 Å². The van der Waals surface area contributed by atoms with Gasteiger partial charge in [-0.1, -0.05) is 11.6 Å². The van der Waals surface area contributed by atoms with E-state index in [4.69, 9.17) is 16.7 Å². The average Bonchev–Trinajstić information content (AvgIpc) is 2.33. The molecule has 94 valence electrons. The number of hydrogen-bond acceptors (Lipinski definition) is 2. The van der Waals surface area contributed by atoms with E-state index in [1.165, 1.54) is 6.07 Å². The van der Waals surface area contributed by atoms with Gasteiger partial charge in [0.05, 0.1) is 5.02 Å². The van der Waals surface area contributed by atoms with E-state index < -0.39 is 0 Å². The molecule has 0 saturated carbocycles. The van der Waals surface area contributed by atoms with Crippen molar-refractivity contribution in [3.63, 3.8) is 0 Å². The van der Waals surface area contributed by atoms with Gasteiger partial charge in [-0.15, -0.1) is 0 Å². The smallest absolute Gasteiger partial charge is 0.141 e. The number of rotatable bonds is 3. The monoisotopic (exact) mass is 257 g/mol. The highest BCUT2D eigenvalue weighted by molar-refractivity contribution is 6.31. The maximum Gasteiger partial charge on any atom is 0.141 e. The molecular weight excluding hydrogens is 241 g/mol. The molecule has 1 aromatic rings. The van der Waals surface area contributed by atoms with Crippen molar-refractivity contribution >= 4 is 17.3 Å². The van der Waals surface area contributed by atoms with E-state index >= 15 is 0 Å². The first-order chi connectivity index (χ1) is 8.20. The van der Waals surface area contributed by atoms with Gasteiger partial charge >= 0.3 is 0 Å². The molecule has 1 aromatic carbocycles. The third-order valence-electron chi connectivity index (χ3n) is 3.32. The average molecular weight is 258 g/mol. The zero-order valence-electron chi connectivity index (χ0n) is 9.70. The number of aliphatic hydroxyl groups excluding tert-OH is 1. The number of piperidine rings is 1. The molecular formula is C13H17ClFNO. The van der Waals surface area contributed by atoms with Crippen molar-refractivity contribution in [1.82, 2.24) is 0 Å². The molecule has 2 nitrogen and oxygen atoms in total. The molecule has 0 aliphatic carbocycles. The van der Waals surface area contributed by atoms with Gasteiger partial charge in [-0.25, -0.2) is 4.39 Å². The molecule has 0 bridgehead atoms. The number of nitrogens with zero attached hydrogens (tertiary/aromatic N) is 1. The highest BCUT2D eigenvalue weighted by atomic mass is 35.5. The first-order valence-corrected chi connectivity index (χ1v) is 6.39. The molecule has 1 N–H and O–H groups in total. The molecule has 1 atom stereocenters. The van der Waals surface area contributed by atoms with E-state index in [1.54, 1.807) is 12.1 Å². The van der Waals surface area contributed by atoms with Crippen LogP contribution in [-0.4, -0.2) is 24.8 Å². The third kappa shape index (κ3) is 3.11. The summed E-state index contributed by atoms with van der Waals surface area (Å²) in [6.45, 7) is 2.13. The van der Waals surface area contributed by atoms with Crippen molar-refractivity contribution in [2.45, 2.75) is 19.3 Å². The quantitative estimate of drug-likeness (QED) is 0.900. The van der Waals surface area contributed by atoms with Crippen molar-refractivity contribution in [3.8, 4) is 0 Å². The van der Waals surface area contributed by atoms with Crippen LogP contribution < -0.4 is 4.90 Å². The summed E-state index contributed by atoms with van der Waals surface area (Å²) >= 11 is 5.79. The fourth-order valence-electron chi connectivity index (χ4n) is 2.40. The van der Waals surface area contributed by atoms with E-state index in [-0.39, 0.29) is 17.4 Å². The normalized spacial score (nSPS) is 20.6. The second-order valence-corrected chi connectivity index (χ2v) is 4.97. The van der Waals surface area contributed by atoms with Crippen LogP contribution in [0.15, 0.2) is 18.2 Å². The SMILES string of the molecule is OCCC1CCCN(c2ccc(F)c(Cl)c2)C1. The van der Waals surface area contributed by atoms with Crippen LogP contribution >= 0.6 is 11.6 Å². The van der Waals surface area contributed by atoms with Gasteiger partial charge < -0.3 is 10.0 Å². The van der Waals surface area contributed by atoms with Gasteiger partial charge in [-0.05, 0) is 43.4 Å². The second kappa shape index (κ2) is 5.69. The molecule has 1 saturated heterocycles. The second-order valence-electron chi connectivity index (χ2n) is 4.56. The van der Waals surface area contributed by atoms with Crippen LogP contribution in [0.4, 0.5) is 10.1 Å². The lowest BCUT2D eigenvalue weighted by Crippen LogP contribution is -2.35. The molecule has 4 heteroatoms. The summed E-state index contributed by atoms with van der Waals surface area (Å²) < 4.78 is 13.1. The molecule has 17 heavy (non-hydrogen) atoms. The van der Waals surface area contributed by atoms with Crippen LogP contribution in [0, 0.1) is 11.7 Å². The summed E-state index contributed by atoms with van der Waals surface area (Å²) in [5, 5.41) is 9.14. The topological polar surface area (TPSA) is 23.5 Å². The van der Waals surface area contributed by atoms with Crippen molar-refractivity contribution in [2.75, 3.05) is 24.6 Å².